The highest BCUT2D eigenvalue weighted by Crippen LogP contribution is 2.43. The topological polar surface area (TPSA) is 32.3 Å². The highest BCUT2D eigenvalue weighted by molar-refractivity contribution is 5.99. The van der Waals surface area contributed by atoms with Crippen LogP contribution < -0.4 is 5.43 Å². The molecule has 168 valence electrons. The second-order valence-electron chi connectivity index (χ2n) is 8.71. The van der Waals surface area contributed by atoms with Crippen molar-refractivity contribution in [3.8, 4) is 0 Å². The molecule has 1 aliphatic heterocycles. The van der Waals surface area contributed by atoms with Crippen LogP contribution in [0.4, 0.5) is 5.69 Å². The van der Waals surface area contributed by atoms with Crippen molar-refractivity contribution in [3.05, 3.63) is 144 Å². The third kappa shape index (κ3) is 4.38. The number of hydrogen-bond acceptors (Lipinski definition) is 3. The van der Waals surface area contributed by atoms with Crippen LogP contribution in [0.1, 0.15) is 34.3 Å². The molecule has 0 fully saturated rings. The molecule has 0 radical (unpaired) electrons. The molecular weight excluding hydrogens is 416 g/mol. The summed E-state index contributed by atoms with van der Waals surface area (Å²) in [5, 5.41) is 2.16. The van der Waals surface area contributed by atoms with Crippen LogP contribution in [0, 0.1) is 5.92 Å². The van der Waals surface area contributed by atoms with Gasteiger partial charge in [0.1, 0.15) is 0 Å². The second kappa shape index (κ2) is 9.80. The summed E-state index contributed by atoms with van der Waals surface area (Å²) >= 11 is 0. The van der Waals surface area contributed by atoms with Gasteiger partial charge in [-0.3, -0.25) is 15.2 Å². The summed E-state index contributed by atoms with van der Waals surface area (Å²) in [7, 11) is 0. The van der Waals surface area contributed by atoms with E-state index in [0.717, 1.165) is 22.5 Å². The van der Waals surface area contributed by atoms with Gasteiger partial charge in [0.2, 0.25) is 0 Å². The maximum atomic E-state index is 13.9. The normalized spacial score (nSPS) is 18.0. The summed E-state index contributed by atoms with van der Waals surface area (Å²) in [5.74, 6) is -0.0767. The van der Waals surface area contributed by atoms with Gasteiger partial charge in [-0.2, -0.15) is 0 Å². The van der Waals surface area contributed by atoms with Gasteiger partial charge in [-0.15, -0.1) is 0 Å². The first-order valence-electron chi connectivity index (χ1n) is 11.7. The Kier molecular flexibility index (Phi) is 6.26. The van der Waals surface area contributed by atoms with Crippen LogP contribution in [-0.4, -0.2) is 17.3 Å². The number of hydrogen-bond donors (Lipinski definition) is 1. The van der Waals surface area contributed by atoms with Crippen LogP contribution in [0.5, 0.6) is 0 Å². The van der Waals surface area contributed by atoms with Gasteiger partial charge in [0.25, 0.3) is 0 Å². The minimum absolute atomic E-state index is 0.0158. The number of ketones is 1. The largest absolute Gasteiger partial charge is 0.298 e. The molecular formula is C31H28N2O. The van der Waals surface area contributed by atoms with Crippen molar-refractivity contribution >= 4 is 17.2 Å². The zero-order valence-corrected chi connectivity index (χ0v) is 19.3. The SMILES string of the molecule is CC1=C(c2ccccc2)N(Nc2ccccc2)CC(C(=O)c2ccccc2)C1c1ccccc1. The Hall–Kier alpha value is -4.11. The third-order valence-electron chi connectivity index (χ3n) is 6.53. The summed E-state index contributed by atoms with van der Waals surface area (Å²) in [5.41, 5.74) is 9.94. The highest BCUT2D eigenvalue weighted by Gasteiger charge is 2.39. The number of anilines is 1. The zero-order valence-electron chi connectivity index (χ0n) is 19.3. The highest BCUT2D eigenvalue weighted by atomic mass is 16.1. The molecule has 0 aliphatic carbocycles. The number of para-hydroxylation sites is 1. The van der Waals surface area contributed by atoms with E-state index in [4.69, 9.17) is 0 Å². The van der Waals surface area contributed by atoms with Gasteiger partial charge < -0.3 is 0 Å². The monoisotopic (exact) mass is 444 g/mol. The summed E-state index contributed by atoms with van der Waals surface area (Å²) in [6.45, 7) is 2.73. The number of Topliss-reactive ketones (excluding diaryl/α,β-unsaturated/α-hetero) is 1. The van der Waals surface area contributed by atoms with Gasteiger partial charge in [0.15, 0.2) is 5.78 Å². The van der Waals surface area contributed by atoms with Gasteiger partial charge in [0.05, 0.1) is 23.8 Å². The molecule has 3 heteroatoms. The Labute approximate surface area is 201 Å². The number of carbonyl (C=O) groups excluding carboxylic acids is 1. The maximum Gasteiger partial charge on any atom is 0.168 e. The maximum absolute atomic E-state index is 13.9. The van der Waals surface area contributed by atoms with Crippen LogP contribution in [0.25, 0.3) is 5.70 Å². The molecule has 0 saturated carbocycles. The van der Waals surface area contributed by atoms with E-state index in [2.05, 4.69) is 78.0 Å². The van der Waals surface area contributed by atoms with Crippen molar-refractivity contribution in [1.82, 2.24) is 5.01 Å². The second-order valence-corrected chi connectivity index (χ2v) is 8.71. The number of allylic oxidation sites excluding steroid dienone is 1. The zero-order chi connectivity index (χ0) is 23.3. The first kappa shape index (κ1) is 21.7. The van der Waals surface area contributed by atoms with Gasteiger partial charge in [0, 0.05) is 11.5 Å². The minimum Gasteiger partial charge on any atom is -0.298 e. The van der Waals surface area contributed by atoms with E-state index in [9.17, 15) is 4.79 Å². The summed E-state index contributed by atoms with van der Waals surface area (Å²) in [4.78, 5) is 13.9. The lowest BCUT2D eigenvalue weighted by atomic mass is 9.73. The Bertz CT molecular complexity index is 1270. The molecule has 0 aromatic heterocycles. The molecule has 2 unspecified atom stereocenters. The summed E-state index contributed by atoms with van der Waals surface area (Å²) < 4.78 is 0. The van der Waals surface area contributed by atoms with Crippen LogP contribution >= 0.6 is 0 Å². The molecule has 0 amide bonds. The molecule has 1 heterocycles. The quantitative estimate of drug-likeness (QED) is 0.324. The Morgan fingerprint density at radius 2 is 1.26 bits per heavy atom. The number of hydrazine groups is 1. The Balaban J connectivity index is 1.66. The molecule has 0 saturated heterocycles. The molecule has 4 aromatic rings. The lowest BCUT2D eigenvalue weighted by molar-refractivity contribution is 0.0881. The molecule has 34 heavy (non-hydrogen) atoms. The lowest BCUT2D eigenvalue weighted by Crippen LogP contribution is -2.43. The first-order valence-corrected chi connectivity index (χ1v) is 11.7. The van der Waals surface area contributed by atoms with E-state index >= 15 is 0 Å². The number of rotatable bonds is 6. The minimum atomic E-state index is -0.228. The van der Waals surface area contributed by atoms with E-state index in [-0.39, 0.29) is 17.6 Å². The van der Waals surface area contributed by atoms with Gasteiger partial charge in [-0.25, -0.2) is 0 Å². The van der Waals surface area contributed by atoms with Crippen LogP contribution in [0.15, 0.2) is 127 Å². The molecule has 3 nitrogen and oxygen atoms in total. The predicted molar refractivity (Wildman–Crippen MR) is 139 cm³/mol. The van der Waals surface area contributed by atoms with Crippen molar-refractivity contribution in [2.45, 2.75) is 12.8 Å². The number of carbonyl (C=O) groups is 1. The van der Waals surface area contributed by atoms with E-state index in [1.807, 2.05) is 60.7 Å². The van der Waals surface area contributed by atoms with E-state index in [0.29, 0.717) is 6.54 Å². The molecule has 0 spiro atoms. The fourth-order valence-corrected chi connectivity index (χ4v) is 5.00. The lowest BCUT2D eigenvalue weighted by Gasteiger charge is -2.42. The number of nitrogens with zero attached hydrogens (tertiary/aromatic N) is 1. The molecule has 1 aliphatic rings. The molecule has 2 atom stereocenters. The molecule has 1 N–H and O–H groups in total. The van der Waals surface area contributed by atoms with E-state index < -0.39 is 0 Å². The average molecular weight is 445 g/mol. The fraction of sp³-hybridized carbons (Fsp3) is 0.129. The van der Waals surface area contributed by atoms with Crippen molar-refractivity contribution < 1.29 is 4.79 Å². The van der Waals surface area contributed by atoms with E-state index in [1.54, 1.807) is 0 Å². The Morgan fingerprint density at radius 1 is 0.735 bits per heavy atom. The third-order valence-corrected chi connectivity index (χ3v) is 6.53. The van der Waals surface area contributed by atoms with Crippen molar-refractivity contribution in [1.29, 1.82) is 0 Å². The first-order chi connectivity index (χ1) is 16.7. The summed E-state index contributed by atoms with van der Waals surface area (Å²) in [6, 6.07) is 40.7. The number of nitrogens with one attached hydrogen (secondary N) is 1. The fourth-order valence-electron chi connectivity index (χ4n) is 5.00. The molecule has 0 bridgehead atoms. The smallest absolute Gasteiger partial charge is 0.168 e. The van der Waals surface area contributed by atoms with Gasteiger partial charge >= 0.3 is 0 Å². The summed E-state index contributed by atoms with van der Waals surface area (Å²) in [6.07, 6.45) is 0. The van der Waals surface area contributed by atoms with E-state index in [1.165, 1.54) is 11.1 Å². The predicted octanol–water partition coefficient (Wildman–Crippen LogP) is 7.04. The van der Waals surface area contributed by atoms with Crippen LogP contribution in [0.3, 0.4) is 0 Å². The van der Waals surface area contributed by atoms with Crippen molar-refractivity contribution in [2.24, 2.45) is 5.92 Å². The Morgan fingerprint density at radius 3 is 1.88 bits per heavy atom. The van der Waals surface area contributed by atoms with Crippen LogP contribution in [0.2, 0.25) is 0 Å². The number of benzene rings is 4. The standard InChI is InChI=1S/C31H28N2O/c1-23-29(24-14-6-2-7-15-24)28(31(34)26-18-10-4-11-19-26)22-33(32-27-20-12-5-13-21-27)30(23)25-16-8-3-9-17-25/h2-21,28-29,32H,22H2,1H3. The molecule has 4 aromatic carbocycles. The molecule has 5 rings (SSSR count). The van der Waals surface area contributed by atoms with Gasteiger partial charge in [-0.05, 0) is 35.8 Å². The van der Waals surface area contributed by atoms with Crippen molar-refractivity contribution in [3.63, 3.8) is 0 Å². The van der Waals surface area contributed by atoms with Gasteiger partial charge in [-0.1, -0.05) is 109 Å². The van der Waals surface area contributed by atoms with Crippen molar-refractivity contribution in [2.75, 3.05) is 12.0 Å². The average Bonchev–Trinajstić information content (AvgIpc) is 2.90. The van der Waals surface area contributed by atoms with Crippen LogP contribution in [-0.2, 0) is 0 Å².